The first kappa shape index (κ1) is 27.1. The molecule has 3 aromatic rings. The van der Waals surface area contributed by atoms with Gasteiger partial charge >= 0.3 is 0 Å². The molecule has 1 amide bonds. The van der Waals surface area contributed by atoms with E-state index in [0.29, 0.717) is 23.8 Å². The van der Waals surface area contributed by atoms with Gasteiger partial charge in [-0.15, -0.1) is 0 Å². The monoisotopic (exact) mass is 517 g/mol. The van der Waals surface area contributed by atoms with Gasteiger partial charge in [-0.3, -0.25) is 14.7 Å². The first-order valence-electron chi connectivity index (χ1n) is 12.5. The molecule has 2 aliphatic rings. The van der Waals surface area contributed by atoms with Crippen LogP contribution in [0.3, 0.4) is 0 Å². The van der Waals surface area contributed by atoms with Crippen LogP contribution in [0.2, 0.25) is 0 Å². The maximum absolute atomic E-state index is 14.2. The molecule has 1 fully saturated rings. The minimum Gasteiger partial charge on any atom is -0.495 e. The minimum atomic E-state index is -0.567. The Morgan fingerprint density at radius 2 is 1.89 bits per heavy atom. The van der Waals surface area contributed by atoms with Crippen LogP contribution in [0, 0.1) is 12.7 Å². The zero-order valence-electron chi connectivity index (χ0n) is 21.9. The molecule has 1 atom stereocenters. The second-order valence-electron chi connectivity index (χ2n) is 10.1. The minimum absolute atomic E-state index is 0. The van der Waals surface area contributed by atoms with Crippen LogP contribution in [0.4, 0.5) is 4.39 Å². The van der Waals surface area contributed by atoms with Crippen molar-refractivity contribution in [3.63, 3.8) is 0 Å². The maximum Gasteiger partial charge on any atom is 0.259 e. The Labute approximate surface area is 224 Å². The van der Waals surface area contributed by atoms with E-state index in [0.717, 1.165) is 35.5 Å². The number of aryl methyl sites for hydroxylation is 1. The van der Waals surface area contributed by atoms with E-state index in [4.69, 9.17) is 9.73 Å². The van der Waals surface area contributed by atoms with E-state index in [2.05, 4.69) is 23.7 Å². The number of methoxy groups -OCH3 is 1. The van der Waals surface area contributed by atoms with Crippen LogP contribution in [-0.2, 0) is 4.79 Å². The van der Waals surface area contributed by atoms with Crippen molar-refractivity contribution < 1.29 is 13.9 Å². The first-order chi connectivity index (χ1) is 17.7. The van der Waals surface area contributed by atoms with E-state index >= 15 is 0 Å². The number of nitrogens with zero attached hydrogens (tertiary/aromatic N) is 5. The lowest BCUT2D eigenvalue weighted by atomic mass is 9.85. The van der Waals surface area contributed by atoms with Gasteiger partial charge in [0.1, 0.15) is 11.6 Å². The van der Waals surface area contributed by atoms with E-state index in [1.54, 1.807) is 30.5 Å². The molecule has 3 heterocycles. The SMILES string of the molecule is C.COc1cc(/C=C2/C(=O)N(C(C)c3ccc(F)cc3)C3=NCCCN3C2(C)C)ccc1-n1cnc(C)c1. The molecule has 38 heavy (non-hydrogen) atoms. The first-order valence-corrected chi connectivity index (χ1v) is 12.5. The van der Waals surface area contributed by atoms with Gasteiger partial charge in [0.15, 0.2) is 0 Å². The van der Waals surface area contributed by atoms with Crippen molar-refractivity contribution in [3.8, 4) is 11.4 Å². The van der Waals surface area contributed by atoms with Crippen molar-refractivity contribution in [1.29, 1.82) is 0 Å². The quantitative estimate of drug-likeness (QED) is 0.402. The summed E-state index contributed by atoms with van der Waals surface area (Å²) in [7, 11) is 1.64. The Kier molecular flexibility index (Phi) is 7.44. The van der Waals surface area contributed by atoms with E-state index in [1.807, 2.05) is 48.9 Å². The fraction of sp³-hybridized carbons (Fsp3) is 0.367. The molecule has 0 aliphatic carbocycles. The van der Waals surface area contributed by atoms with Crippen LogP contribution < -0.4 is 4.74 Å². The molecule has 2 aromatic carbocycles. The second kappa shape index (κ2) is 10.4. The number of carbonyl (C=O) groups excluding carboxylic acids is 1. The van der Waals surface area contributed by atoms with Crippen LogP contribution in [0.15, 0.2) is 65.6 Å². The molecule has 0 N–H and O–H groups in total. The highest BCUT2D eigenvalue weighted by Gasteiger charge is 2.48. The maximum atomic E-state index is 14.2. The largest absolute Gasteiger partial charge is 0.495 e. The molecular weight excluding hydrogens is 481 g/mol. The molecule has 1 unspecified atom stereocenters. The van der Waals surface area contributed by atoms with Gasteiger partial charge in [0.2, 0.25) is 5.96 Å². The molecule has 0 bridgehead atoms. The van der Waals surface area contributed by atoms with Crippen molar-refractivity contribution in [2.24, 2.45) is 4.99 Å². The summed E-state index contributed by atoms with van der Waals surface area (Å²) >= 11 is 0. The molecule has 1 saturated heterocycles. The van der Waals surface area contributed by atoms with Crippen LogP contribution >= 0.6 is 0 Å². The van der Waals surface area contributed by atoms with Crippen LogP contribution in [-0.4, -0.2) is 57.0 Å². The molecule has 0 spiro atoms. The number of carbonyl (C=O) groups is 1. The average Bonchev–Trinajstić information content (AvgIpc) is 3.33. The van der Waals surface area contributed by atoms with Crippen molar-refractivity contribution in [2.45, 2.75) is 53.1 Å². The van der Waals surface area contributed by atoms with Crippen molar-refractivity contribution in [1.82, 2.24) is 19.4 Å². The predicted molar refractivity (Wildman–Crippen MR) is 149 cm³/mol. The molecule has 200 valence electrons. The van der Waals surface area contributed by atoms with Gasteiger partial charge in [0.05, 0.1) is 36.4 Å². The normalized spacial score (nSPS) is 18.5. The number of hydrogen-bond donors (Lipinski definition) is 0. The fourth-order valence-electron chi connectivity index (χ4n) is 5.15. The molecule has 0 saturated carbocycles. The summed E-state index contributed by atoms with van der Waals surface area (Å²) in [6.45, 7) is 9.50. The third kappa shape index (κ3) is 4.71. The van der Waals surface area contributed by atoms with Gasteiger partial charge in [-0.1, -0.05) is 25.6 Å². The van der Waals surface area contributed by atoms with Crippen LogP contribution in [0.5, 0.6) is 5.75 Å². The van der Waals surface area contributed by atoms with Gasteiger partial charge in [-0.05, 0) is 75.6 Å². The molecule has 1 aromatic heterocycles. The Bertz CT molecular complexity index is 1390. The number of rotatable bonds is 5. The molecular formula is C30H36FN5O2. The molecule has 0 radical (unpaired) electrons. The number of imidazole rings is 1. The number of guanidine groups is 1. The molecule has 8 heteroatoms. The van der Waals surface area contributed by atoms with E-state index < -0.39 is 5.54 Å². The number of ether oxygens (including phenoxy) is 1. The second-order valence-corrected chi connectivity index (χ2v) is 10.1. The van der Waals surface area contributed by atoms with Gasteiger partial charge in [-0.2, -0.15) is 0 Å². The Balaban J connectivity index is 0.00000336. The average molecular weight is 518 g/mol. The molecule has 7 nitrogen and oxygen atoms in total. The lowest BCUT2D eigenvalue weighted by molar-refractivity contribution is -0.128. The highest BCUT2D eigenvalue weighted by Crippen LogP contribution is 2.39. The fourth-order valence-corrected chi connectivity index (χ4v) is 5.15. The number of hydrogen-bond acceptors (Lipinski definition) is 5. The Hall–Kier alpha value is -3.94. The topological polar surface area (TPSA) is 63.0 Å². The summed E-state index contributed by atoms with van der Waals surface area (Å²) in [5, 5.41) is 0. The van der Waals surface area contributed by atoms with Gasteiger partial charge < -0.3 is 14.2 Å². The Morgan fingerprint density at radius 3 is 2.55 bits per heavy atom. The number of aromatic nitrogens is 2. The van der Waals surface area contributed by atoms with Gasteiger partial charge in [-0.25, -0.2) is 9.37 Å². The lowest BCUT2D eigenvalue weighted by Crippen LogP contribution is -2.65. The van der Waals surface area contributed by atoms with E-state index in [9.17, 15) is 9.18 Å². The summed E-state index contributed by atoms with van der Waals surface area (Å²) < 4.78 is 21.2. The van der Waals surface area contributed by atoms with Gasteiger partial charge in [0.25, 0.3) is 5.91 Å². The van der Waals surface area contributed by atoms with Crippen molar-refractivity contribution in [3.05, 3.63) is 83.2 Å². The highest BCUT2D eigenvalue weighted by atomic mass is 19.1. The highest BCUT2D eigenvalue weighted by molar-refractivity contribution is 6.12. The van der Waals surface area contributed by atoms with Crippen molar-refractivity contribution >= 4 is 17.9 Å². The predicted octanol–water partition coefficient (Wildman–Crippen LogP) is 5.79. The van der Waals surface area contributed by atoms with E-state index in [-0.39, 0.29) is 25.2 Å². The van der Waals surface area contributed by atoms with Gasteiger partial charge in [0, 0.05) is 24.9 Å². The number of fused-ring (bicyclic) bond motifs is 1. The number of amides is 1. The van der Waals surface area contributed by atoms with Crippen molar-refractivity contribution in [2.75, 3.05) is 20.2 Å². The zero-order valence-corrected chi connectivity index (χ0v) is 21.9. The Morgan fingerprint density at radius 1 is 1.16 bits per heavy atom. The smallest absolute Gasteiger partial charge is 0.259 e. The standard InChI is InChI=1S/C29H32FN5O2.CH4/c1-19-17-33(18-32-19)25-12-7-21(16-26(25)37-5)15-24-27(36)35(20(2)22-8-10-23(30)11-9-22)28-31-13-6-14-34(28)29(24,3)4;/h7-12,15-18,20H,6,13-14H2,1-5H3;1H4/b24-15-;. The summed E-state index contributed by atoms with van der Waals surface area (Å²) in [5.41, 5.74) is 3.59. The summed E-state index contributed by atoms with van der Waals surface area (Å²) in [6, 6.07) is 11.9. The summed E-state index contributed by atoms with van der Waals surface area (Å²) in [4.78, 5) is 27.2. The van der Waals surface area contributed by atoms with Crippen LogP contribution in [0.25, 0.3) is 11.8 Å². The zero-order chi connectivity index (χ0) is 26.3. The molecule has 5 rings (SSSR count). The third-order valence-electron chi connectivity index (χ3n) is 7.28. The number of benzene rings is 2. The third-order valence-corrected chi connectivity index (χ3v) is 7.28. The lowest BCUT2D eigenvalue weighted by Gasteiger charge is -2.52. The summed E-state index contributed by atoms with van der Waals surface area (Å²) in [6.07, 6.45) is 6.56. The number of halogens is 1. The summed E-state index contributed by atoms with van der Waals surface area (Å²) in [5.74, 6) is 0.956. The van der Waals surface area contributed by atoms with E-state index in [1.165, 1.54) is 12.1 Å². The van der Waals surface area contributed by atoms with Crippen LogP contribution in [0.1, 0.15) is 57.5 Å². The number of aliphatic imine (C=N–C) groups is 1. The molecule has 2 aliphatic heterocycles.